The number of aliphatic carboxylic acids is 1. The lowest BCUT2D eigenvalue weighted by Crippen LogP contribution is -2.71. The van der Waals surface area contributed by atoms with Gasteiger partial charge in [0.2, 0.25) is 11.4 Å². The number of nitrogens with two attached hydrogens (primary N) is 1. The third-order valence-electron chi connectivity index (χ3n) is 7.20. The van der Waals surface area contributed by atoms with E-state index in [4.69, 9.17) is 10.5 Å². The van der Waals surface area contributed by atoms with Crippen molar-refractivity contribution in [3.63, 3.8) is 0 Å². The van der Waals surface area contributed by atoms with Gasteiger partial charge in [-0.15, -0.1) is 5.01 Å². The first-order valence-electron chi connectivity index (χ1n) is 13.2. The molecule has 1 saturated carbocycles. The minimum Gasteiger partial charge on any atom is -0.479 e. The van der Waals surface area contributed by atoms with Crippen LogP contribution in [0.5, 0.6) is 0 Å². The highest BCUT2D eigenvalue weighted by Gasteiger charge is 2.66. The molecule has 12 nitrogen and oxygen atoms in total. The van der Waals surface area contributed by atoms with Gasteiger partial charge in [0.15, 0.2) is 0 Å². The van der Waals surface area contributed by atoms with E-state index in [-0.39, 0.29) is 29.6 Å². The minimum absolute atomic E-state index is 0.0395. The lowest BCUT2D eigenvalue weighted by molar-refractivity contribution is -0.172. The van der Waals surface area contributed by atoms with Crippen molar-refractivity contribution >= 4 is 29.8 Å². The molecule has 1 radical (unpaired) electrons. The third-order valence-corrected chi connectivity index (χ3v) is 7.20. The van der Waals surface area contributed by atoms with E-state index < -0.39 is 52.9 Å². The molecule has 4 N–H and O–H groups in total. The first-order valence-corrected chi connectivity index (χ1v) is 13.2. The molecule has 1 aliphatic carbocycles. The standard InChI is InChI=1S/C27H38N5O7/c1-16-11-12-20(29-15-16)21(33)30-32(25(38)39-26(3,4)5)23(35)27(24(36)37)19(18-9-7-6-8-10-18)13-14-31(27)22(34)17(2)28/h11-12,15,17-19H,1,6-10,13-14,28H2,2-5H3,(H,30,33)(H,36,37)/t17-,19?,27+/m0/s1. The van der Waals surface area contributed by atoms with Gasteiger partial charge >= 0.3 is 12.1 Å². The fraction of sp³-hybridized carbons (Fsp3) is 0.593. The molecular formula is C27H38N5O7. The van der Waals surface area contributed by atoms with E-state index in [1.807, 2.05) is 0 Å². The molecule has 2 heterocycles. The zero-order valence-corrected chi connectivity index (χ0v) is 22.9. The number of carbonyl (C=O) groups is 5. The lowest BCUT2D eigenvalue weighted by Gasteiger charge is -2.43. The summed E-state index contributed by atoms with van der Waals surface area (Å²) in [6.45, 7) is 9.74. The topological polar surface area (TPSA) is 172 Å². The number of aromatic nitrogens is 1. The van der Waals surface area contributed by atoms with Crippen LogP contribution in [0.25, 0.3) is 0 Å². The SMILES string of the molecule is [CH2]c1ccc(C(=O)NN(C(=O)OC(C)(C)C)C(=O)[C@@]2(C(=O)O)C(C3CCCCC3)CCN2C(=O)[C@H](C)N)nc1. The summed E-state index contributed by atoms with van der Waals surface area (Å²) < 4.78 is 5.39. The fourth-order valence-electron chi connectivity index (χ4n) is 5.51. The van der Waals surface area contributed by atoms with Gasteiger partial charge in [0.05, 0.1) is 6.04 Å². The van der Waals surface area contributed by atoms with Crippen LogP contribution >= 0.6 is 0 Å². The number of nitrogens with one attached hydrogen (secondary N) is 1. The predicted molar refractivity (Wildman–Crippen MR) is 140 cm³/mol. The number of hydrogen-bond acceptors (Lipinski definition) is 8. The van der Waals surface area contributed by atoms with E-state index in [9.17, 15) is 29.1 Å². The molecule has 4 amide bonds. The number of nitrogens with zero attached hydrogens (tertiary/aromatic N) is 3. The van der Waals surface area contributed by atoms with E-state index >= 15 is 0 Å². The molecule has 1 aliphatic heterocycles. The molecule has 0 aromatic carbocycles. The number of carbonyl (C=O) groups excluding carboxylic acids is 4. The van der Waals surface area contributed by atoms with E-state index in [1.54, 1.807) is 20.8 Å². The highest BCUT2D eigenvalue weighted by atomic mass is 16.6. The Morgan fingerprint density at radius 2 is 1.82 bits per heavy atom. The molecule has 2 fully saturated rings. The number of carboxylic acid groups (broad SMARTS) is 1. The second-order valence-corrected chi connectivity index (χ2v) is 11.3. The van der Waals surface area contributed by atoms with Crippen LogP contribution in [0.2, 0.25) is 0 Å². The molecular weight excluding hydrogens is 506 g/mol. The van der Waals surface area contributed by atoms with Crippen molar-refractivity contribution in [1.82, 2.24) is 20.3 Å². The maximum Gasteiger partial charge on any atom is 0.436 e. The average molecular weight is 545 g/mol. The first-order chi connectivity index (χ1) is 18.2. The van der Waals surface area contributed by atoms with Gasteiger partial charge in [-0.25, -0.2) is 15.0 Å². The number of imide groups is 1. The second-order valence-electron chi connectivity index (χ2n) is 11.3. The van der Waals surface area contributed by atoms with E-state index in [2.05, 4.69) is 17.3 Å². The summed E-state index contributed by atoms with van der Waals surface area (Å²) in [5.74, 6) is -5.59. The van der Waals surface area contributed by atoms with Crippen molar-refractivity contribution in [3.8, 4) is 0 Å². The highest BCUT2D eigenvalue weighted by Crippen LogP contribution is 2.46. The van der Waals surface area contributed by atoms with E-state index in [0.717, 1.165) is 24.2 Å². The van der Waals surface area contributed by atoms with Crippen LogP contribution in [-0.4, -0.2) is 73.5 Å². The maximum absolute atomic E-state index is 14.4. The van der Waals surface area contributed by atoms with Crippen molar-refractivity contribution in [2.24, 2.45) is 17.6 Å². The summed E-state index contributed by atoms with van der Waals surface area (Å²) in [6, 6.07) is 1.75. The van der Waals surface area contributed by atoms with Gasteiger partial charge in [-0.05, 0) is 58.6 Å². The van der Waals surface area contributed by atoms with Gasteiger partial charge in [0, 0.05) is 18.7 Å². The van der Waals surface area contributed by atoms with Crippen molar-refractivity contribution < 1.29 is 33.8 Å². The molecule has 0 bridgehead atoms. The highest BCUT2D eigenvalue weighted by molar-refractivity contribution is 6.14. The van der Waals surface area contributed by atoms with Crippen LogP contribution < -0.4 is 11.2 Å². The Kier molecular flexibility index (Phi) is 8.99. The molecule has 1 aromatic rings. The van der Waals surface area contributed by atoms with Crippen LogP contribution in [0, 0.1) is 18.8 Å². The van der Waals surface area contributed by atoms with Gasteiger partial charge in [-0.1, -0.05) is 38.2 Å². The van der Waals surface area contributed by atoms with Crippen LogP contribution in [0.3, 0.4) is 0 Å². The van der Waals surface area contributed by atoms with Crippen molar-refractivity contribution in [2.45, 2.75) is 83.4 Å². The van der Waals surface area contributed by atoms with Gasteiger partial charge in [-0.3, -0.25) is 19.4 Å². The quantitative estimate of drug-likeness (QED) is 0.371. The van der Waals surface area contributed by atoms with Crippen molar-refractivity contribution in [1.29, 1.82) is 0 Å². The molecule has 0 spiro atoms. The second kappa shape index (κ2) is 11.7. The Morgan fingerprint density at radius 1 is 1.18 bits per heavy atom. The smallest absolute Gasteiger partial charge is 0.436 e. The van der Waals surface area contributed by atoms with Gasteiger partial charge in [-0.2, -0.15) is 0 Å². The zero-order chi connectivity index (χ0) is 29.1. The van der Waals surface area contributed by atoms with Gasteiger partial charge < -0.3 is 20.5 Å². The number of rotatable bonds is 5. The maximum atomic E-state index is 14.4. The van der Waals surface area contributed by atoms with E-state index in [0.29, 0.717) is 18.4 Å². The number of hydrogen-bond donors (Lipinski definition) is 3. The van der Waals surface area contributed by atoms with Crippen LogP contribution in [0.1, 0.15) is 82.3 Å². The fourth-order valence-corrected chi connectivity index (χ4v) is 5.51. The average Bonchev–Trinajstić information content (AvgIpc) is 3.27. The number of ether oxygens (including phenoxy) is 1. The summed E-state index contributed by atoms with van der Waals surface area (Å²) in [4.78, 5) is 72.2. The number of amides is 4. The van der Waals surface area contributed by atoms with Crippen LogP contribution in [0.15, 0.2) is 18.3 Å². The Balaban J connectivity index is 2.14. The number of pyridine rings is 1. The first kappa shape index (κ1) is 30.0. The van der Waals surface area contributed by atoms with Crippen LogP contribution in [0.4, 0.5) is 4.79 Å². The van der Waals surface area contributed by atoms with Gasteiger partial charge in [0.1, 0.15) is 11.3 Å². The Morgan fingerprint density at radius 3 is 2.33 bits per heavy atom. The minimum atomic E-state index is -2.48. The Bertz CT molecular complexity index is 1110. The molecule has 12 heteroatoms. The summed E-state index contributed by atoms with van der Waals surface area (Å²) in [5, 5.41) is 11.0. The summed E-state index contributed by atoms with van der Waals surface area (Å²) in [6.07, 6.45) is 4.30. The summed E-state index contributed by atoms with van der Waals surface area (Å²) >= 11 is 0. The van der Waals surface area contributed by atoms with Gasteiger partial charge in [0.25, 0.3) is 11.8 Å². The molecule has 1 saturated heterocycles. The number of likely N-dealkylation sites (tertiary alicyclic amines) is 1. The van der Waals surface area contributed by atoms with E-state index in [1.165, 1.54) is 25.3 Å². The Labute approximate surface area is 228 Å². The lowest BCUT2D eigenvalue weighted by atomic mass is 9.70. The molecule has 213 valence electrons. The third kappa shape index (κ3) is 6.21. The number of hydrazine groups is 1. The molecule has 1 aromatic heterocycles. The normalized spacial score (nSPS) is 22.6. The molecule has 3 atom stereocenters. The van der Waals surface area contributed by atoms with Crippen LogP contribution in [-0.2, 0) is 19.1 Å². The predicted octanol–water partition coefficient (Wildman–Crippen LogP) is 2.27. The number of carboxylic acids is 1. The largest absolute Gasteiger partial charge is 0.479 e. The summed E-state index contributed by atoms with van der Waals surface area (Å²) in [7, 11) is 0. The Hall–Kier alpha value is -3.54. The summed E-state index contributed by atoms with van der Waals surface area (Å²) in [5.41, 5.74) is 4.87. The van der Waals surface area contributed by atoms with Crippen molar-refractivity contribution in [2.75, 3.05) is 6.54 Å². The monoisotopic (exact) mass is 544 g/mol. The molecule has 39 heavy (non-hydrogen) atoms. The zero-order valence-electron chi connectivity index (χ0n) is 22.9. The molecule has 1 unspecified atom stereocenters. The van der Waals surface area contributed by atoms with Crippen molar-refractivity contribution in [3.05, 3.63) is 36.5 Å². The molecule has 3 rings (SSSR count). The molecule has 2 aliphatic rings.